The fraction of sp³-hybridized carbons (Fsp3) is 0.917. The van der Waals surface area contributed by atoms with Gasteiger partial charge in [-0.2, -0.15) is 0 Å². The van der Waals surface area contributed by atoms with Crippen molar-refractivity contribution < 1.29 is 9.53 Å². The number of hydrogen-bond donors (Lipinski definition) is 1. The van der Waals surface area contributed by atoms with E-state index in [4.69, 9.17) is 10.5 Å². The molecule has 2 fully saturated rings. The number of ether oxygens (including phenoxy) is 1. The van der Waals surface area contributed by atoms with Gasteiger partial charge in [0.15, 0.2) is 0 Å². The van der Waals surface area contributed by atoms with E-state index in [1.54, 1.807) is 7.11 Å². The third-order valence-corrected chi connectivity index (χ3v) is 3.99. The van der Waals surface area contributed by atoms with Gasteiger partial charge in [0, 0.05) is 32.7 Å². The van der Waals surface area contributed by atoms with Crippen molar-refractivity contribution in [2.75, 3.05) is 20.2 Å². The molecule has 0 unspecified atom stereocenters. The lowest BCUT2D eigenvalue weighted by Crippen LogP contribution is -2.34. The lowest BCUT2D eigenvalue weighted by atomic mass is 9.99. The summed E-state index contributed by atoms with van der Waals surface area (Å²) in [7, 11) is 1.71. The van der Waals surface area contributed by atoms with Crippen molar-refractivity contribution in [3.63, 3.8) is 0 Å². The van der Waals surface area contributed by atoms with Crippen molar-refractivity contribution in [2.45, 2.75) is 44.2 Å². The predicted molar refractivity (Wildman–Crippen MR) is 61.9 cm³/mol. The van der Waals surface area contributed by atoms with Gasteiger partial charge in [-0.05, 0) is 25.2 Å². The molecular formula is C12H22N2O2. The molecule has 1 aliphatic carbocycles. The highest BCUT2D eigenvalue weighted by molar-refractivity contribution is 5.76. The number of hydrogen-bond acceptors (Lipinski definition) is 3. The molecule has 4 nitrogen and oxygen atoms in total. The number of amides is 1. The van der Waals surface area contributed by atoms with E-state index in [9.17, 15) is 4.79 Å². The van der Waals surface area contributed by atoms with Gasteiger partial charge < -0.3 is 15.4 Å². The summed E-state index contributed by atoms with van der Waals surface area (Å²) in [6.45, 7) is 1.61. The molecule has 1 saturated heterocycles. The molecule has 2 rings (SSSR count). The third-order valence-electron chi connectivity index (χ3n) is 3.99. The summed E-state index contributed by atoms with van der Waals surface area (Å²) in [6, 6.07) is 0.241. The highest BCUT2D eigenvalue weighted by atomic mass is 16.5. The molecule has 4 heteroatoms. The number of carbonyl (C=O) groups excluding carboxylic acids is 1. The summed E-state index contributed by atoms with van der Waals surface area (Å²) >= 11 is 0. The van der Waals surface area contributed by atoms with Gasteiger partial charge in [0.2, 0.25) is 5.91 Å². The number of methoxy groups -OCH3 is 1. The van der Waals surface area contributed by atoms with Crippen molar-refractivity contribution in [2.24, 2.45) is 11.7 Å². The number of nitrogens with zero attached hydrogens (tertiary/aromatic N) is 1. The standard InChI is InChI=1S/C12H22N2O2/c1-16-10-5-6-14(8-10)12(15)7-9-3-2-4-11(9)13/h9-11H,2-8,13H2,1H3/t9-,10+,11+/m0/s1. The third kappa shape index (κ3) is 2.55. The van der Waals surface area contributed by atoms with E-state index in [0.717, 1.165) is 32.4 Å². The number of nitrogens with two attached hydrogens (primary N) is 1. The van der Waals surface area contributed by atoms with Gasteiger partial charge in [0.1, 0.15) is 0 Å². The highest BCUT2D eigenvalue weighted by Gasteiger charge is 2.31. The van der Waals surface area contributed by atoms with E-state index in [-0.39, 0.29) is 18.1 Å². The van der Waals surface area contributed by atoms with E-state index in [1.165, 1.54) is 6.42 Å². The first-order chi connectivity index (χ1) is 7.70. The Morgan fingerprint density at radius 1 is 1.44 bits per heavy atom. The van der Waals surface area contributed by atoms with Crippen LogP contribution in [0.3, 0.4) is 0 Å². The molecule has 0 spiro atoms. The normalized spacial score (nSPS) is 34.6. The zero-order valence-electron chi connectivity index (χ0n) is 10.0. The van der Waals surface area contributed by atoms with Gasteiger partial charge in [0.05, 0.1) is 6.10 Å². The summed E-state index contributed by atoms with van der Waals surface area (Å²) in [5.74, 6) is 0.677. The van der Waals surface area contributed by atoms with E-state index in [1.807, 2.05) is 4.90 Å². The van der Waals surface area contributed by atoms with Crippen LogP contribution in [0.2, 0.25) is 0 Å². The van der Waals surface area contributed by atoms with E-state index >= 15 is 0 Å². The summed E-state index contributed by atoms with van der Waals surface area (Å²) in [4.78, 5) is 14.0. The maximum absolute atomic E-state index is 12.0. The fourth-order valence-corrected chi connectivity index (χ4v) is 2.82. The van der Waals surface area contributed by atoms with Crippen molar-refractivity contribution in [3.05, 3.63) is 0 Å². The Kier molecular flexibility index (Phi) is 3.82. The van der Waals surface area contributed by atoms with Crippen LogP contribution in [0.25, 0.3) is 0 Å². The molecule has 2 aliphatic rings. The van der Waals surface area contributed by atoms with Crippen LogP contribution in [0.5, 0.6) is 0 Å². The zero-order valence-corrected chi connectivity index (χ0v) is 10.0. The second-order valence-electron chi connectivity index (χ2n) is 5.05. The summed E-state index contributed by atoms with van der Waals surface area (Å²) in [5.41, 5.74) is 5.98. The summed E-state index contributed by atoms with van der Waals surface area (Å²) < 4.78 is 5.26. The van der Waals surface area contributed by atoms with Crippen molar-refractivity contribution in [3.8, 4) is 0 Å². The highest BCUT2D eigenvalue weighted by Crippen LogP contribution is 2.28. The molecule has 0 aromatic heterocycles. The van der Waals surface area contributed by atoms with Crippen molar-refractivity contribution in [1.29, 1.82) is 0 Å². The molecule has 1 heterocycles. The molecule has 3 atom stereocenters. The first-order valence-corrected chi connectivity index (χ1v) is 6.27. The Balaban J connectivity index is 1.80. The maximum atomic E-state index is 12.0. The van der Waals surface area contributed by atoms with Crippen LogP contribution >= 0.6 is 0 Å². The lowest BCUT2D eigenvalue weighted by Gasteiger charge is -2.20. The topological polar surface area (TPSA) is 55.6 Å². The van der Waals surface area contributed by atoms with Gasteiger partial charge in [-0.1, -0.05) is 6.42 Å². The first-order valence-electron chi connectivity index (χ1n) is 6.27. The molecular weight excluding hydrogens is 204 g/mol. The van der Waals surface area contributed by atoms with Crippen molar-refractivity contribution >= 4 is 5.91 Å². The van der Waals surface area contributed by atoms with Crippen molar-refractivity contribution in [1.82, 2.24) is 4.90 Å². The minimum atomic E-state index is 0.237. The van der Waals surface area contributed by atoms with Gasteiger partial charge in [0.25, 0.3) is 0 Å². The zero-order chi connectivity index (χ0) is 11.5. The Hall–Kier alpha value is -0.610. The second kappa shape index (κ2) is 5.15. The molecule has 0 bridgehead atoms. The molecule has 1 aliphatic heterocycles. The molecule has 16 heavy (non-hydrogen) atoms. The molecule has 0 aromatic carbocycles. The van der Waals surface area contributed by atoms with Gasteiger partial charge in [-0.25, -0.2) is 0 Å². The van der Waals surface area contributed by atoms with Crippen LogP contribution in [-0.2, 0) is 9.53 Å². The van der Waals surface area contributed by atoms with Gasteiger partial charge in [-0.15, -0.1) is 0 Å². The lowest BCUT2D eigenvalue weighted by molar-refractivity contribution is -0.131. The van der Waals surface area contributed by atoms with E-state index in [0.29, 0.717) is 12.3 Å². The summed E-state index contributed by atoms with van der Waals surface area (Å²) in [6.07, 6.45) is 5.23. The first kappa shape index (κ1) is 11.9. The van der Waals surface area contributed by atoms with Crippen LogP contribution in [-0.4, -0.2) is 43.2 Å². The Morgan fingerprint density at radius 3 is 2.81 bits per heavy atom. The van der Waals surface area contributed by atoms with E-state index in [2.05, 4.69) is 0 Å². The van der Waals surface area contributed by atoms with Crippen LogP contribution in [0, 0.1) is 5.92 Å². The molecule has 92 valence electrons. The molecule has 2 N–H and O–H groups in total. The number of rotatable bonds is 3. The Bertz CT molecular complexity index is 257. The number of carbonyl (C=O) groups is 1. The number of likely N-dealkylation sites (tertiary alicyclic amines) is 1. The average Bonchev–Trinajstić information content (AvgIpc) is 2.88. The summed E-state index contributed by atoms with van der Waals surface area (Å²) in [5, 5.41) is 0. The van der Waals surface area contributed by atoms with Crippen LogP contribution in [0.1, 0.15) is 32.1 Å². The average molecular weight is 226 g/mol. The van der Waals surface area contributed by atoms with Crippen LogP contribution in [0.4, 0.5) is 0 Å². The quantitative estimate of drug-likeness (QED) is 0.772. The van der Waals surface area contributed by atoms with Gasteiger partial charge >= 0.3 is 0 Å². The molecule has 0 radical (unpaired) electrons. The van der Waals surface area contributed by atoms with Crippen LogP contribution < -0.4 is 5.73 Å². The molecule has 0 aromatic rings. The molecule has 1 amide bonds. The van der Waals surface area contributed by atoms with Gasteiger partial charge in [-0.3, -0.25) is 4.79 Å². The molecule has 1 saturated carbocycles. The second-order valence-corrected chi connectivity index (χ2v) is 5.05. The predicted octanol–water partition coefficient (Wildman–Crippen LogP) is 0.751. The fourth-order valence-electron chi connectivity index (χ4n) is 2.82. The Morgan fingerprint density at radius 2 is 2.25 bits per heavy atom. The smallest absolute Gasteiger partial charge is 0.222 e. The maximum Gasteiger partial charge on any atom is 0.222 e. The largest absolute Gasteiger partial charge is 0.380 e. The Labute approximate surface area is 97.1 Å². The van der Waals surface area contributed by atoms with E-state index < -0.39 is 0 Å². The minimum Gasteiger partial charge on any atom is -0.380 e. The van der Waals surface area contributed by atoms with Crippen LogP contribution in [0.15, 0.2) is 0 Å². The minimum absolute atomic E-state index is 0.237. The monoisotopic (exact) mass is 226 g/mol. The SMILES string of the molecule is CO[C@@H]1CCN(C(=O)C[C@@H]2CCC[C@H]2N)C1.